The molecule has 1 aromatic heterocycles. The zero-order valence-corrected chi connectivity index (χ0v) is 11.0. The monoisotopic (exact) mass is 293 g/mol. The Labute approximate surface area is 112 Å². The smallest absolute Gasteiger partial charge is 0.395 e. The maximum atomic E-state index is 12.1. The van der Waals surface area contributed by atoms with Crippen LogP contribution in [0.4, 0.5) is 13.2 Å². The molecule has 3 rings (SSSR count). The lowest BCUT2D eigenvalue weighted by Gasteiger charge is -2.32. The number of nitrogens with zero attached hydrogens (tertiary/aromatic N) is 2. The number of hydrogen-bond acceptors (Lipinski definition) is 4. The van der Waals surface area contributed by atoms with Crippen LogP contribution in [0.25, 0.3) is 0 Å². The topological polar surface area (TPSA) is 39.1 Å². The molecule has 0 amide bonds. The normalized spacial score (nSPS) is 26.7. The fraction of sp³-hybridized carbons (Fsp3) is 0.727. The molecule has 2 aliphatic rings. The molecule has 0 aliphatic carbocycles. The number of aromatic nitrogens is 2. The summed E-state index contributed by atoms with van der Waals surface area (Å²) in [7, 11) is 0. The van der Waals surface area contributed by atoms with Crippen LogP contribution in [0.3, 0.4) is 0 Å². The molecule has 4 nitrogen and oxygen atoms in total. The third kappa shape index (κ3) is 2.55. The Bertz CT molecular complexity index is 468. The molecular formula is C11H14F3N3OS. The molecule has 0 aromatic carbocycles. The molecule has 1 spiro atoms. The van der Waals surface area contributed by atoms with Crippen molar-refractivity contribution in [2.45, 2.75) is 36.7 Å². The van der Waals surface area contributed by atoms with Gasteiger partial charge in [0.15, 0.2) is 12.0 Å². The van der Waals surface area contributed by atoms with Crippen molar-refractivity contribution in [3.05, 3.63) is 11.8 Å². The molecule has 3 heterocycles. The predicted octanol–water partition coefficient (Wildman–Crippen LogP) is 2.45. The van der Waals surface area contributed by atoms with E-state index in [0.29, 0.717) is 0 Å². The standard InChI is InChI=1S/C11H14F3N3OS/c12-11(13,14)19-18-9-6-8-10(3-4-15-7-10)2-1-5-17(8)16-9/h6,15H,1-5,7H2. The second-order valence-electron chi connectivity index (χ2n) is 5.01. The van der Waals surface area contributed by atoms with Crippen molar-refractivity contribution in [2.24, 2.45) is 0 Å². The van der Waals surface area contributed by atoms with Crippen LogP contribution in [-0.4, -0.2) is 28.4 Å². The van der Waals surface area contributed by atoms with E-state index in [1.54, 1.807) is 10.7 Å². The zero-order valence-electron chi connectivity index (χ0n) is 10.2. The van der Waals surface area contributed by atoms with Gasteiger partial charge < -0.3 is 9.50 Å². The van der Waals surface area contributed by atoms with Gasteiger partial charge >= 0.3 is 5.51 Å². The highest BCUT2D eigenvalue weighted by molar-refractivity contribution is 7.95. The number of rotatable bonds is 2. The van der Waals surface area contributed by atoms with Crippen LogP contribution in [0.15, 0.2) is 6.07 Å². The minimum absolute atomic E-state index is 0.0236. The lowest BCUT2D eigenvalue weighted by Crippen LogP contribution is -2.35. The zero-order chi connectivity index (χ0) is 13.5. The third-order valence-electron chi connectivity index (χ3n) is 3.79. The van der Waals surface area contributed by atoms with E-state index < -0.39 is 17.6 Å². The molecule has 0 saturated carbocycles. The van der Waals surface area contributed by atoms with Crippen molar-refractivity contribution in [1.82, 2.24) is 15.1 Å². The maximum Gasteiger partial charge on any atom is 0.479 e. The molecular weight excluding hydrogens is 279 g/mol. The van der Waals surface area contributed by atoms with E-state index in [2.05, 4.69) is 14.6 Å². The maximum absolute atomic E-state index is 12.1. The van der Waals surface area contributed by atoms with Gasteiger partial charge in [0.2, 0.25) is 5.88 Å². The summed E-state index contributed by atoms with van der Waals surface area (Å²) in [6, 6.07) is 1.66. The third-order valence-corrected chi connectivity index (χ3v) is 4.23. The van der Waals surface area contributed by atoms with Gasteiger partial charge in [-0.05, 0) is 25.8 Å². The van der Waals surface area contributed by atoms with Gasteiger partial charge in [0.25, 0.3) is 0 Å². The summed E-state index contributed by atoms with van der Waals surface area (Å²) in [6.45, 7) is 2.56. The summed E-state index contributed by atoms with van der Waals surface area (Å²) < 4.78 is 42.8. The van der Waals surface area contributed by atoms with Gasteiger partial charge in [0, 0.05) is 30.3 Å². The quantitative estimate of drug-likeness (QED) is 0.850. The molecule has 1 saturated heterocycles. The first-order valence-electron chi connectivity index (χ1n) is 6.20. The minimum atomic E-state index is -4.41. The highest BCUT2D eigenvalue weighted by Crippen LogP contribution is 2.41. The molecule has 0 bridgehead atoms. The fourth-order valence-corrected chi connectivity index (χ4v) is 3.25. The molecule has 1 fully saturated rings. The minimum Gasteiger partial charge on any atom is -0.395 e. The van der Waals surface area contributed by atoms with Crippen LogP contribution in [0.5, 0.6) is 5.88 Å². The molecule has 1 atom stereocenters. The van der Waals surface area contributed by atoms with Crippen LogP contribution in [0.1, 0.15) is 25.0 Å². The van der Waals surface area contributed by atoms with E-state index in [4.69, 9.17) is 0 Å². The number of aryl methyl sites for hydroxylation is 1. The van der Waals surface area contributed by atoms with Gasteiger partial charge in [-0.2, -0.15) is 13.2 Å². The molecule has 106 valence electrons. The lowest BCUT2D eigenvalue weighted by atomic mass is 9.77. The van der Waals surface area contributed by atoms with Gasteiger partial charge in [0.1, 0.15) is 0 Å². The van der Waals surface area contributed by atoms with Crippen LogP contribution in [0, 0.1) is 0 Å². The predicted molar refractivity (Wildman–Crippen MR) is 64.9 cm³/mol. The number of nitrogens with one attached hydrogen (secondary N) is 1. The van der Waals surface area contributed by atoms with Crippen molar-refractivity contribution in [2.75, 3.05) is 13.1 Å². The van der Waals surface area contributed by atoms with Crippen LogP contribution >= 0.6 is 12.0 Å². The van der Waals surface area contributed by atoms with Crippen molar-refractivity contribution in [1.29, 1.82) is 0 Å². The SMILES string of the molecule is FC(F)(F)SOc1cc2n(n1)CCCC21CCNC1. The number of hydrogen-bond donors (Lipinski definition) is 1. The molecule has 8 heteroatoms. The van der Waals surface area contributed by atoms with Crippen LogP contribution in [0.2, 0.25) is 0 Å². The second-order valence-corrected chi connectivity index (χ2v) is 5.81. The van der Waals surface area contributed by atoms with Crippen LogP contribution in [-0.2, 0) is 12.0 Å². The Kier molecular flexibility index (Phi) is 3.17. The van der Waals surface area contributed by atoms with Crippen molar-refractivity contribution in [3.63, 3.8) is 0 Å². The van der Waals surface area contributed by atoms with Crippen molar-refractivity contribution >= 4 is 12.0 Å². The first-order valence-corrected chi connectivity index (χ1v) is 6.94. The van der Waals surface area contributed by atoms with E-state index in [0.717, 1.165) is 44.6 Å². The molecule has 19 heavy (non-hydrogen) atoms. The number of fused-ring (bicyclic) bond motifs is 2. The summed E-state index contributed by atoms with van der Waals surface area (Å²) in [4.78, 5) is 0. The fourth-order valence-electron chi connectivity index (χ4n) is 2.99. The van der Waals surface area contributed by atoms with Crippen molar-refractivity contribution in [3.8, 4) is 5.88 Å². The van der Waals surface area contributed by atoms with E-state index in [1.807, 2.05) is 0 Å². The van der Waals surface area contributed by atoms with E-state index in [-0.39, 0.29) is 11.3 Å². The first-order chi connectivity index (χ1) is 8.99. The average molecular weight is 293 g/mol. The van der Waals surface area contributed by atoms with E-state index >= 15 is 0 Å². The molecule has 1 N–H and O–H groups in total. The summed E-state index contributed by atoms with van der Waals surface area (Å²) in [5, 5.41) is 7.44. The summed E-state index contributed by atoms with van der Waals surface area (Å²) in [6.07, 6.45) is 3.06. The molecule has 1 unspecified atom stereocenters. The van der Waals surface area contributed by atoms with Crippen molar-refractivity contribution < 1.29 is 17.4 Å². The number of alkyl halides is 3. The molecule has 0 radical (unpaired) electrons. The van der Waals surface area contributed by atoms with Gasteiger partial charge in [0.05, 0.1) is 0 Å². The Morgan fingerprint density at radius 3 is 2.95 bits per heavy atom. The van der Waals surface area contributed by atoms with Gasteiger partial charge in [-0.1, -0.05) is 0 Å². The summed E-state index contributed by atoms with van der Waals surface area (Å²) in [5.41, 5.74) is -3.38. The van der Waals surface area contributed by atoms with Gasteiger partial charge in [-0.3, -0.25) is 4.68 Å². The van der Waals surface area contributed by atoms with Crippen LogP contribution < -0.4 is 9.50 Å². The first kappa shape index (κ1) is 13.1. The van der Waals surface area contributed by atoms with E-state index in [9.17, 15) is 13.2 Å². The van der Waals surface area contributed by atoms with E-state index in [1.165, 1.54) is 0 Å². The van der Waals surface area contributed by atoms with Gasteiger partial charge in [-0.15, -0.1) is 5.10 Å². The average Bonchev–Trinajstić information content (AvgIpc) is 2.94. The van der Waals surface area contributed by atoms with Gasteiger partial charge in [-0.25, -0.2) is 0 Å². The molecule has 2 aliphatic heterocycles. The lowest BCUT2D eigenvalue weighted by molar-refractivity contribution is -0.0370. The summed E-state index contributed by atoms with van der Waals surface area (Å²) in [5.74, 6) is 0.0468. The Balaban J connectivity index is 1.81. The Hall–Kier alpha value is -0.890. The Morgan fingerprint density at radius 1 is 1.42 bits per heavy atom. The number of halogens is 3. The Morgan fingerprint density at radius 2 is 2.26 bits per heavy atom. The second kappa shape index (κ2) is 4.59. The highest BCUT2D eigenvalue weighted by atomic mass is 32.2. The summed E-state index contributed by atoms with van der Waals surface area (Å²) >= 11 is -0.510. The molecule has 1 aromatic rings. The highest BCUT2D eigenvalue weighted by Gasteiger charge is 2.41. The largest absolute Gasteiger partial charge is 0.479 e.